The molecule has 4 nitrogen and oxygen atoms in total. The van der Waals surface area contributed by atoms with Gasteiger partial charge < -0.3 is 15.0 Å². The molecular weight excluding hydrogens is 381 g/mol. The lowest BCUT2D eigenvalue weighted by Gasteiger charge is -2.09. The van der Waals surface area contributed by atoms with Crippen LogP contribution in [0.4, 0.5) is 18.9 Å². The number of anilines is 1. The second-order valence-electron chi connectivity index (χ2n) is 7.51. The third kappa shape index (κ3) is 4.39. The summed E-state index contributed by atoms with van der Waals surface area (Å²) in [6.07, 6.45) is -1.04. The van der Waals surface area contributed by atoms with Crippen LogP contribution in [0.2, 0.25) is 0 Å². The average molecular weight is 402 g/mol. The predicted molar refractivity (Wildman–Crippen MR) is 105 cm³/mol. The van der Waals surface area contributed by atoms with E-state index in [-0.39, 0.29) is 11.8 Å². The van der Waals surface area contributed by atoms with Crippen LogP contribution in [0.3, 0.4) is 0 Å². The van der Waals surface area contributed by atoms with Crippen LogP contribution < -0.4 is 10.1 Å². The van der Waals surface area contributed by atoms with Crippen LogP contribution in [0.15, 0.2) is 48.7 Å². The minimum Gasteiger partial charge on any atom is -0.493 e. The van der Waals surface area contributed by atoms with Gasteiger partial charge in [0.2, 0.25) is 5.91 Å². The van der Waals surface area contributed by atoms with Crippen molar-refractivity contribution in [1.82, 2.24) is 4.98 Å². The maximum atomic E-state index is 12.6. The van der Waals surface area contributed by atoms with Gasteiger partial charge in [-0.15, -0.1) is 0 Å². The Morgan fingerprint density at radius 1 is 1.21 bits per heavy atom. The smallest absolute Gasteiger partial charge is 0.416 e. The summed E-state index contributed by atoms with van der Waals surface area (Å²) in [6, 6.07) is 10.6. The van der Waals surface area contributed by atoms with E-state index in [0.717, 1.165) is 40.7 Å². The molecule has 1 amide bonds. The first kappa shape index (κ1) is 19.4. The maximum Gasteiger partial charge on any atom is 0.416 e. The number of aromatic amines is 1. The van der Waals surface area contributed by atoms with E-state index in [0.29, 0.717) is 24.7 Å². The molecule has 152 valence electrons. The van der Waals surface area contributed by atoms with Gasteiger partial charge in [0, 0.05) is 29.4 Å². The Balaban J connectivity index is 1.38. The Hall–Kier alpha value is -2.96. The molecule has 0 aliphatic heterocycles. The molecule has 1 fully saturated rings. The highest BCUT2D eigenvalue weighted by Crippen LogP contribution is 2.39. The number of hydrogen-bond donors (Lipinski definition) is 2. The summed E-state index contributed by atoms with van der Waals surface area (Å²) in [5, 5.41) is 3.92. The minimum atomic E-state index is -4.35. The van der Waals surface area contributed by atoms with Gasteiger partial charge in [-0.25, -0.2) is 0 Å². The van der Waals surface area contributed by atoms with Crippen molar-refractivity contribution < 1.29 is 22.7 Å². The number of aromatic nitrogens is 1. The Morgan fingerprint density at radius 2 is 1.93 bits per heavy atom. The average Bonchev–Trinajstić information content (AvgIpc) is 3.29. The number of halogens is 3. The van der Waals surface area contributed by atoms with E-state index in [1.165, 1.54) is 12.1 Å². The predicted octanol–water partition coefficient (Wildman–Crippen LogP) is 5.40. The molecule has 7 heteroatoms. The van der Waals surface area contributed by atoms with Gasteiger partial charge in [0.25, 0.3) is 0 Å². The quantitative estimate of drug-likeness (QED) is 0.580. The SMILES string of the molecule is C[C@@H]1CC1C(=O)Nc1c[nH]c2ccc(CCOc3ccc(C(F)(F)F)cc3)cc12. The molecule has 1 aliphatic rings. The van der Waals surface area contributed by atoms with Gasteiger partial charge in [-0.3, -0.25) is 4.79 Å². The van der Waals surface area contributed by atoms with Gasteiger partial charge in [0.1, 0.15) is 5.75 Å². The summed E-state index contributed by atoms with van der Waals surface area (Å²) in [5.41, 5.74) is 2.00. The first-order chi connectivity index (χ1) is 13.8. The van der Waals surface area contributed by atoms with Crippen molar-refractivity contribution in [2.75, 3.05) is 11.9 Å². The van der Waals surface area contributed by atoms with E-state index < -0.39 is 11.7 Å². The van der Waals surface area contributed by atoms with Gasteiger partial charge in [-0.05, 0) is 54.3 Å². The molecule has 3 aromatic rings. The zero-order valence-electron chi connectivity index (χ0n) is 15.8. The number of carbonyl (C=O) groups is 1. The van der Waals surface area contributed by atoms with Gasteiger partial charge in [0.05, 0.1) is 17.9 Å². The van der Waals surface area contributed by atoms with E-state index in [9.17, 15) is 18.0 Å². The molecular formula is C22H21F3N2O2. The molecule has 0 spiro atoms. The van der Waals surface area contributed by atoms with Crippen LogP contribution in [0.5, 0.6) is 5.75 Å². The Labute approximate surface area is 166 Å². The van der Waals surface area contributed by atoms with Crippen LogP contribution in [-0.2, 0) is 17.4 Å². The summed E-state index contributed by atoms with van der Waals surface area (Å²) >= 11 is 0. The first-order valence-corrected chi connectivity index (χ1v) is 9.52. The summed E-state index contributed by atoms with van der Waals surface area (Å²) in [6.45, 7) is 2.40. The third-order valence-corrected chi connectivity index (χ3v) is 5.29. The number of nitrogens with one attached hydrogen (secondary N) is 2. The lowest BCUT2D eigenvalue weighted by atomic mass is 10.1. The zero-order chi connectivity index (χ0) is 20.6. The van der Waals surface area contributed by atoms with Crippen molar-refractivity contribution >= 4 is 22.5 Å². The molecule has 0 radical (unpaired) electrons. The molecule has 0 saturated heterocycles. The number of benzene rings is 2. The molecule has 1 heterocycles. The fourth-order valence-electron chi connectivity index (χ4n) is 3.37. The van der Waals surface area contributed by atoms with Crippen molar-refractivity contribution in [1.29, 1.82) is 0 Å². The molecule has 0 bridgehead atoms. The van der Waals surface area contributed by atoms with Crippen molar-refractivity contribution in [2.45, 2.75) is 25.9 Å². The van der Waals surface area contributed by atoms with Crippen molar-refractivity contribution in [3.63, 3.8) is 0 Å². The number of H-pyrrole nitrogens is 1. The van der Waals surface area contributed by atoms with Gasteiger partial charge in [-0.1, -0.05) is 13.0 Å². The highest BCUT2D eigenvalue weighted by atomic mass is 19.4. The Bertz CT molecular complexity index is 1020. The van der Waals surface area contributed by atoms with E-state index >= 15 is 0 Å². The Morgan fingerprint density at radius 3 is 2.59 bits per heavy atom. The highest BCUT2D eigenvalue weighted by Gasteiger charge is 2.39. The molecule has 1 saturated carbocycles. The third-order valence-electron chi connectivity index (χ3n) is 5.29. The second-order valence-corrected chi connectivity index (χ2v) is 7.51. The van der Waals surface area contributed by atoms with Crippen molar-refractivity contribution in [3.8, 4) is 5.75 Å². The fraction of sp³-hybridized carbons (Fsp3) is 0.318. The summed E-state index contributed by atoms with van der Waals surface area (Å²) in [7, 11) is 0. The molecule has 2 atom stereocenters. The number of rotatable bonds is 6. The lowest BCUT2D eigenvalue weighted by Crippen LogP contribution is -2.14. The lowest BCUT2D eigenvalue weighted by molar-refractivity contribution is -0.137. The number of ether oxygens (including phenoxy) is 1. The molecule has 1 aromatic heterocycles. The summed E-state index contributed by atoms with van der Waals surface area (Å²) in [5.74, 6) is 0.986. The first-order valence-electron chi connectivity index (χ1n) is 9.52. The van der Waals surface area contributed by atoms with Crippen LogP contribution in [0.1, 0.15) is 24.5 Å². The fourth-order valence-corrected chi connectivity index (χ4v) is 3.37. The van der Waals surface area contributed by atoms with Crippen molar-refractivity contribution in [3.05, 3.63) is 59.8 Å². The summed E-state index contributed by atoms with van der Waals surface area (Å²) in [4.78, 5) is 15.4. The molecule has 2 aromatic carbocycles. The number of fused-ring (bicyclic) bond motifs is 1. The van der Waals surface area contributed by atoms with Gasteiger partial charge >= 0.3 is 6.18 Å². The van der Waals surface area contributed by atoms with Gasteiger partial charge in [0.15, 0.2) is 0 Å². The number of hydrogen-bond acceptors (Lipinski definition) is 2. The largest absolute Gasteiger partial charge is 0.493 e. The molecule has 29 heavy (non-hydrogen) atoms. The number of carbonyl (C=O) groups excluding carboxylic acids is 1. The van der Waals surface area contributed by atoms with Crippen LogP contribution in [-0.4, -0.2) is 17.5 Å². The van der Waals surface area contributed by atoms with Gasteiger partial charge in [-0.2, -0.15) is 13.2 Å². The molecule has 1 unspecified atom stereocenters. The minimum absolute atomic E-state index is 0.0504. The van der Waals surface area contributed by atoms with Crippen LogP contribution in [0, 0.1) is 11.8 Å². The maximum absolute atomic E-state index is 12.6. The molecule has 4 rings (SSSR count). The van der Waals surface area contributed by atoms with E-state index in [2.05, 4.69) is 17.2 Å². The topological polar surface area (TPSA) is 54.1 Å². The highest BCUT2D eigenvalue weighted by molar-refractivity contribution is 6.03. The standard InChI is InChI=1S/C22H21F3N2O2/c1-13-10-17(13)21(28)27-20-12-26-19-7-2-14(11-18(19)20)8-9-29-16-5-3-15(4-6-16)22(23,24)25/h2-7,11-13,17,26H,8-10H2,1H3,(H,27,28)/t13-,17?/m1/s1. The van der Waals surface area contributed by atoms with E-state index in [1.807, 2.05) is 18.2 Å². The van der Waals surface area contributed by atoms with Crippen molar-refractivity contribution in [2.24, 2.45) is 11.8 Å². The normalized spacial score (nSPS) is 18.6. The Kier molecular flexibility index (Phi) is 4.98. The summed E-state index contributed by atoms with van der Waals surface area (Å²) < 4.78 is 43.4. The van der Waals surface area contributed by atoms with E-state index in [4.69, 9.17) is 4.74 Å². The van der Waals surface area contributed by atoms with E-state index in [1.54, 1.807) is 6.20 Å². The molecule has 1 aliphatic carbocycles. The zero-order valence-corrected chi connectivity index (χ0v) is 15.8. The van der Waals surface area contributed by atoms with Crippen LogP contribution >= 0.6 is 0 Å². The van der Waals surface area contributed by atoms with Crippen LogP contribution in [0.25, 0.3) is 10.9 Å². The molecule has 2 N–H and O–H groups in total. The second kappa shape index (κ2) is 7.46. The number of alkyl halides is 3. The monoisotopic (exact) mass is 402 g/mol. The number of amides is 1.